The second-order valence-corrected chi connectivity index (χ2v) is 4.25. The van der Waals surface area contributed by atoms with Crippen molar-refractivity contribution >= 4 is 12.0 Å². The summed E-state index contributed by atoms with van der Waals surface area (Å²) in [5, 5.41) is 8.57. The summed E-state index contributed by atoms with van der Waals surface area (Å²) in [5.74, 6) is -1.22. The molecule has 1 aromatic carbocycles. The minimum atomic E-state index is -4.51. The minimum absolute atomic E-state index is 0.166. The van der Waals surface area contributed by atoms with Gasteiger partial charge in [-0.05, 0) is 53.1 Å². The number of nitrogens with zero attached hydrogens (tertiary/aromatic N) is 1. The van der Waals surface area contributed by atoms with Crippen molar-refractivity contribution in [1.29, 1.82) is 0 Å². The molecular weight excluding hydrogens is 283 g/mol. The summed E-state index contributed by atoms with van der Waals surface area (Å²) in [7, 11) is 0. The van der Waals surface area contributed by atoms with Crippen LogP contribution in [0.2, 0.25) is 0 Å². The van der Waals surface area contributed by atoms with Gasteiger partial charge in [0.05, 0.1) is 5.56 Å². The first-order chi connectivity index (χ1) is 9.86. The molecule has 1 aromatic heterocycles. The van der Waals surface area contributed by atoms with Gasteiger partial charge in [0.25, 0.3) is 0 Å². The molecule has 0 radical (unpaired) electrons. The number of carboxylic acids is 1. The number of rotatable bonds is 3. The van der Waals surface area contributed by atoms with E-state index in [9.17, 15) is 18.0 Å². The predicted molar refractivity (Wildman–Crippen MR) is 71.3 cm³/mol. The SMILES string of the molecule is O=C(O)C=Cc1cc(-c2ccncc2)cc(C(F)(F)F)c1. The van der Waals surface area contributed by atoms with Gasteiger partial charge < -0.3 is 5.11 Å². The largest absolute Gasteiger partial charge is 0.478 e. The molecule has 0 atom stereocenters. The average Bonchev–Trinajstić information content (AvgIpc) is 2.45. The van der Waals surface area contributed by atoms with Crippen LogP contribution < -0.4 is 0 Å². The maximum Gasteiger partial charge on any atom is 0.416 e. The van der Waals surface area contributed by atoms with Crippen molar-refractivity contribution in [3.05, 3.63) is 59.9 Å². The van der Waals surface area contributed by atoms with Crippen LogP contribution >= 0.6 is 0 Å². The smallest absolute Gasteiger partial charge is 0.416 e. The third-order valence-electron chi connectivity index (χ3n) is 2.71. The molecule has 0 aliphatic rings. The molecule has 3 nitrogen and oxygen atoms in total. The summed E-state index contributed by atoms with van der Waals surface area (Å²) in [5.41, 5.74) is 0.249. The van der Waals surface area contributed by atoms with Crippen molar-refractivity contribution in [2.24, 2.45) is 0 Å². The van der Waals surface area contributed by atoms with Gasteiger partial charge >= 0.3 is 12.1 Å². The number of halogens is 3. The molecule has 0 amide bonds. The second-order valence-electron chi connectivity index (χ2n) is 4.25. The number of carboxylic acid groups (broad SMARTS) is 1. The van der Waals surface area contributed by atoms with Crippen LogP contribution in [-0.4, -0.2) is 16.1 Å². The zero-order valence-corrected chi connectivity index (χ0v) is 10.6. The molecule has 1 heterocycles. The maximum absolute atomic E-state index is 12.9. The standard InChI is InChI=1S/C15H10F3NO2/c16-15(17,18)13-8-10(1-2-14(20)21)7-12(9-13)11-3-5-19-6-4-11/h1-9H,(H,20,21). The fourth-order valence-electron chi connectivity index (χ4n) is 1.79. The van der Waals surface area contributed by atoms with E-state index in [0.29, 0.717) is 11.1 Å². The molecule has 0 spiro atoms. The van der Waals surface area contributed by atoms with Gasteiger partial charge in [0.15, 0.2) is 0 Å². The predicted octanol–water partition coefficient (Wildman–Crippen LogP) is 3.87. The number of aliphatic carboxylic acids is 1. The molecule has 1 N–H and O–H groups in total. The number of aromatic nitrogens is 1. The van der Waals surface area contributed by atoms with Crippen molar-refractivity contribution in [3.63, 3.8) is 0 Å². The Bertz CT molecular complexity index is 679. The lowest BCUT2D eigenvalue weighted by Gasteiger charge is -2.11. The van der Waals surface area contributed by atoms with Gasteiger partial charge in [-0.2, -0.15) is 13.2 Å². The molecule has 2 aromatic rings. The Morgan fingerprint density at radius 3 is 2.33 bits per heavy atom. The fraction of sp³-hybridized carbons (Fsp3) is 0.0667. The first-order valence-corrected chi connectivity index (χ1v) is 5.90. The van der Waals surface area contributed by atoms with Crippen molar-refractivity contribution in [2.45, 2.75) is 6.18 Å². The molecule has 6 heteroatoms. The number of hydrogen-bond acceptors (Lipinski definition) is 2. The lowest BCUT2D eigenvalue weighted by molar-refractivity contribution is -0.137. The normalized spacial score (nSPS) is 11.8. The topological polar surface area (TPSA) is 50.2 Å². The van der Waals surface area contributed by atoms with Gasteiger partial charge in [0, 0.05) is 18.5 Å². The van der Waals surface area contributed by atoms with E-state index in [2.05, 4.69) is 4.98 Å². The van der Waals surface area contributed by atoms with Gasteiger partial charge in [-0.1, -0.05) is 0 Å². The maximum atomic E-state index is 12.9. The summed E-state index contributed by atoms with van der Waals surface area (Å²) in [6.45, 7) is 0. The molecule has 0 bridgehead atoms. The van der Waals surface area contributed by atoms with Crippen molar-refractivity contribution < 1.29 is 23.1 Å². The van der Waals surface area contributed by atoms with Crippen LogP contribution in [0.15, 0.2) is 48.8 Å². The second kappa shape index (κ2) is 5.78. The van der Waals surface area contributed by atoms with E-state index in [0.717, 1.165) is 24.3 Å². The molecule has 0 aliphatic carbocycles. The van der Waals surface area contributed by atoms with Crippen molar-refractivity contribution in [3.8, 4) is 11.1 Å². The van der Waals surface area contributed by atoms with E-state index >= 15 is 0 Å². The summed E-state index contributed by atoms with van der Waals surface area (Å²) < 4.78 is 38.7. The van der Waals surface area contributed by atoms with Gasteiger partial charge in [-0.3, -0.25) is 4.98 Å². The third-order valence-corrected chi connectivity index (χ3v) is 2.71. The van der Waals surface area contributed by atoms with Crippen LogP contribution in [0.4, 0.5) is 13.2 Å². The summed E-state index contributed by atoms with van der Waals surface area (Å²) in [6.07, 6.45) is 0.369. The lowest BCUT2D eigenvalue weighted by atomic mass is 10.00. The van der Waals surface area contributed by atoms with Gasteiger partial charge in [-0.25, -0.2) is 4.79 Å². The number of alkyl halides is 3. The Morgan fingerprint density at radius 1 is 1.10 bits per heavy atom. The molecular formula is C15H10F3NO2. The molecule has 108 valence electrons. The Labute approximate surface area is 118 Å². The van der Waals surface area contributed by atoms with Gasteiger partial charge in [-0.15, -0.1) is 0 Å². The van der Waals surface area contributed by atoms with Crippen LogP contribution in [0, 0.1) is 0 Å². The fourth-order valence-corrected chi connectivity index (χ4v) is 1.79. The Morgan fingerprint density at radius 2 is 1.76 bits per heavy atom. The van der Waals surface area contributed by atoms with Crippen LogP contribution in [0.1, 0.15) is 11.1 Å². The number of pyridine rings is 1. The molecule has 0 saturated heterocycles. The Hall–Kier alpha value is -2.63. The van der Waals surface area contributed by atoms with E-state index in [1.807, 2.05) is 0 Å². The van der Waals surface area contributed by atoms with Gasteiger partial charge in [0.1, 0.15) is 0 Å². The van der Waals surface area contributed by atoms with E-state index in [-0.39, 0.29) is 5.56 Å². The molecule has 0 aliphatic heterocycles. The number of benzene rings is 1. The third kappa shape index (κ3) is 3.92. The molecule has 21 heavy (non-hydrogen) atoms. The minimum Gasteiger partial charge on any atom is -0.478 e. The molecule has 2 rings (SSSR count). The highest BCUT2D eigenvalue weighted by Crippen LogP contribution is 2.33. The van der Waals surface area contributed by atoms with Crippen LogP contribution in [-0.2, 0) is 11.0 Å². The Kier molecular flexibility index (Phi) is 4.07. The number of hydrogen-bond donors (Lipinski definition) is 1. The first-order valence-electron chi connectivity index (χ1n) is 5.90. The summed E-state index contributed by atoms with van der Waals surface area (Å²) >= 11 is 0. The van der Waals surface area contributed by atoms with Crippen molar-refractivity contribution in [1.82, 2.24) is 4.98 Å². The molecule has 0 unspecified atom stereocenters. The monoisotopic (exact) mass is 293 g/mol. The van der Waals surface area contributed by atoms with Crippen molar-refractivity contribution in [2.75, 3.05) is 0 Å². The molecule has 0 saturated carbocycles. The van der Waals surface area contributed by atoms with Crippen LogP contribution in [0.5, 0.6) is 0 Å². The van der Waals surface area contributed by atoms with Gasteiger partial charge in [0.2, 0.25) is 0 Å². The lowest BCUT2D eigenvalue weighted by Crippen LogP contribution is -2.05. The highest BCUT2D eigenvalue weighted by Gasteiger charge is 2.31. The summed E-state index contributed by atoms with van der Waals surface area (Å²) in [4.78, 5) is 14.3. The van der Waals surface area contributed by atoms with E-state index in [1.54, 1.807) is 12.1 Å². The zero-order chi connectivity index (χ0) is 15.5. The number of carbonyl (C=O) groups is 1. The highest BCUT2D eigenvalue weighted by atomic mass is 19.4. The average molecular weight is 293 g/mol. The van der Waals surface area contributed by atoms with E-state index in [1.165, 1.54) is 18.5 Å². The quantitative estimate of drug-likeness (QED) is 0.874. The highest BCUT2D eigenvalue weighted by molar-refractivity contribution is 5.85. The van der Waals surface area contributed by atoms with Crippen LogP contribution in [0.25, 0.3) is 17.2 Å². The van der Waals surface area contributed by atoms with E-state index in [4.69, 9.17) is 5.11 Å². The first kappa shape index (κ1) is 14.8. The molecule has 0 fully saturated rings. The Balaban J connectivity index is 2.55. The van der Waals surface area contributed by atoms with Crippen LogP contribution in [0.3, 0.4) is 0 Å². The van der Waals surface area contributed by atoms with E-state index < -0.39 is 17.7 Å². The summed E-state index contributed by atoms with van der Waals surface area (Å²) in [6, 6.07) is 6.59. The zero-order valence-electron chi connectivity index (χ0n) is 10.6.